The Balaban J connectivity index is 1.68. The summed E-state index contributed by atoms with van der Waals surface area (Å²) in [6.07, 6.45) is -0.688. The summed E-state index contributed by atoms with van der Waals surface area (Å²) in [6, 6.07) is 12.2. The van der Waals surface area contributed by atoms with Crippen LogP contribution < -0.4 is 19.5 Å². The van der Waals surface area contributed by atoms with E-state index in [9.17, 15) is 9.90 Å². The molecule has 1 amide bonds. The summed E-state index contributed by atoms with van der Waals surface area (Å²) >= 11 is 0. The number of hydrogen-bond donors (Lipinski definition) is 3. The second-order valence-corrected chi connectivity index (χ2v) is 6.65. The molecule has 2 aromatic rings. The molecule has 0 bridgehead atoms. The predicted octanol–water partition coefficient (Wildman–Crippen LogP) is 3.09. The third kappa shape index (κ3) is 5.52. The third-order valence-corrected chi connectivity index (χ3v) is 4.52. The van der Waals surface area contributed by atoms with Crippen molar-refractivity contribution in [1.82, 2.24) is 0 Å². The van der Waals surface area contributed by atoms with Crippen LogP contribution in [-0.4, -0.2) is 42.9 Å². The van der Waals surface area contributed by atoms with Crippen molar-refractivity contribution in [3.63, 3.8) is 0 Å². The first-order chi connectivity index (χ1) is 14.1. The summed E-state index contributed by atoms with van der Waals surface area (Å²) in [7, 11) is 0. The van der Waals surface area contributed by atoms with Crippen molar-refractivity contribution in [1.29, 1.82) is 0 Å². The number of ether oxygens (including phenoxy) is 4. The molecule has 1 aliphatic rings. The lowest BCUT2D eigenvalue weighted by molar-refractivity contribution is 0.0667. The van der Waals surface area contributed by atoms with Gasteiger partial charge in [0.25, 0.3) is 0 Å². The van der Waals surface area contributed by atoms with E-state index in [1.165, 1.54) is 0 Å². The van der Waals surface area contributed by atoms with Gasteiger partial charge in [0.1, 0.15) is 18.5 Å². The minimum Gasteiger partial charge on any atom is -0.491 e. The number of amides is 1. The lowest BCUT2D eigenvalue weighted by Gasteiger charge is -2.24. The lowest BCUT2D eigenvalue weighted by atomic mass is 9.94. The van der Waals surface area contributed by atoms with Gasteiger partial charge in [0, 0.05) is 18.4 Å². The average Bonchev–Trinajstić information content (AvgIpc) is 3.19. The van der Waals surface area contributed by atoms with E-state index in [2.05, 4.69) is 5.32 Å². The van der Waals surface area contributed by atoms with Gasteiger partial charge in [-0.2, -0.15) is 0 Å². The van der Waals surface area contributed by atoms with Gasteiger partial charge in [-0.05, 0) is 42.2 Å². The van der Waals surface area contributed by atoms with Crippen LogP contribution in [0.25, 0.3) is 0 Å². The summed E-state index contributed by atoms with van der Waals surface area (Å²) < 4.78 is 21.6. The normalized spacial score (nSPS) is 14.2. The first-order valence-corrected chi connectivity index (χ1v) is 9.42. The highest BCUT2D eigenvalue weighted by atomic mass is 16.7. The third-order valence-electron chi connectivity index (χ3n) is 4.52. The van der Waals surface area contributed by atoms with Gasteiger partial charge in [0.2, 0.25) is 6.79 Å². The molecule has 1 aliphatic heterocycles. The average molecular weight is 403 g/mol. The highest BCUT2D eigenvalue weighted by Gasteiger charge is 2.24. The molecule has 8 nitrogen and oxygen atoms in total. The second kappa shape index (κ2) is 9.99. The smallest absolute Gasteiger partial charge is 0.412 e. The van der Waals surface area contributed by atoms with Crippen LogP contribution in [0.4, 0.5) is 10.5 Å². The standard InChI is InChI=1S/C21H25NO7/c1-14(8-9-23)20(15-2-5-17(6-3-15)26-11-10-24)29-21(25)22-16-4-7-18-19(12-16)28-13-27-18/h2-7,12,14,20,23-24H,8-11,13H2,1H3,(H,22,25)/t14-,20-/m0/s1. The number of carbonyl (C=O) groups excluding carboxylic acids is 1. The first kappa shape index (κ1) is 20.8. The number of rotatable bonds is 9. The predicted molar refractivity (Wildman–Crippen MR) is 105 cm³/mol. The molecule has 0 fully saturated rings. The van der Waals surface area contributed by atoms with Gasteiger partial charge in [-0.3, -0.25) is 5.32 Å². The zero-order valence-electron chi connectivity index (χ0n) is 16.2. The molecule has 0 saturated carbocycles. The molecule has 29 heavy (non-hydrogen) atoms. The van der Waals surface area contributed by atoms with Crippen molar-refractivity contribution < 1.29 is 34.0 Å². The van der Waals surface area contributed by atoms with Gasteiger partial charge >= 0.3 is 6.09 Å². The van der Waals surface area contributed by atoms with Crippen LogP contribution in [0.1, 0.15) is 25.0 Å². The summed E-state index contributed by atoms with van der Waals surface area (Å²) in [6.45, 7) is 2.19. The molecular weight excluding hydrogens is 378 g/mol. The largest absolute Gasteiger partial charge is 0.491 e. The van der Waals surface area contributed by atoms with Gasteiger partial charge in [-0.15, -0.1) is 0 Å². The van der Waals surface area contributed by atoms with E-state index in [4.69, 9.17) is 24.1 Å². The summed E-state index contributed by atoms with van der Waals surface area (Å²) in [5.41, 5.74) is 1.31. The quantitative estimate of drug-likeness (QED) is 0.591. The van der Waals surface area contributed by atoms with Gasteiger partial charge in [-0.1, -0.05) is 19.1 Å². The van der Waals surface area contributed by atoms with Crippen molar-refractivity contribution in [3.05, 3.63) is 48.0 Å². The van der Waals surface area contributed by atoms with Crippen molar-refractivity contribution in [2.75, 3.05) is 31.9 Å². The Hall–Kier alpha value is -2.97. The van der Waals surface area contributed by atoms with Crippen LogP contribution in [0.2, 0.25) is 0 Å². The van der Waals surface area contributed by atoms with Crippen LogP contribution in [0, 0.1) is 5.92 Å². The highest BCUT2D eigenvalue weighted by Crippen LogP contribution is 2.35. The maximum absolute atomic E-state index is 12.5. The van der Waals surface area contributed by atoms with E-state index in [1.807, 2.05) is 6.92 Å². The first-order valence-electron chi connectivity index (χ1n) is 9.42. The SMILES string of the molecule is C[C@@H](CCO)[C@H](OC(=O)Nc1ccc2c(c1)OCO2)c1ccc(OCCO)cc1. The van der Waals surface area contributed by atoms with Gasteiger partial charge in [0.15, 0.2) is 11.5 Å². The number of aliphatic hydroxyl groups is 2. The molecule has 0 saturated heterocycles. The van der Waals surface area contributed by atoms with E-state index < -0.39 is 12.2 Å². The fourth-order valence-corrected chi connectivity index (χ4v) is 3.02. The summed E-state index contributed by atoms with van der Waals surface area (Å²) in [5.74, 6) is 1.70. The molecule has 2 aromatic carbocycles. The molecule has 2 atom stereocenters. The molecule has 0 radical (unpaired) electrons. The van der Waals surface area contributed by atoms with Gasteiger partial charge in [0.05, 0.1) is 6.61 Å². The van der Waals surface area contributed by atoms with Crippen LogP contribution in [0.3, 0.4) is 0 Å². The molecule has 0 unspecified atom stereocenters. The molecule has 0 aromatic heterocycles. The van der Waals surface area contributed by atoms with Crippen LogP contribution in [-0.2, 0) is 4.74 Å². The van der Waals surface area contributed by atoms with Gasteiger partial charge < -0.3 is 29.2 Å². The Morgan fingerprint density at radius 3 is 2.59 bits per heavy atom. The Morgan fingerprint density at radius 1 is 1.10 bits per heavy atom. The summed E-state index contributed by atoms with van der Waals surface area (Å²) in [4.78, 5) is 12.5. The van der Waals surface area contributed by atoms with E-state index in [-0.39, 0.29) is 32.5 Å². The number of benzene rings is 2. The van der Waals surface area contributed by atoms with E-state index in [0.717, 1.165) is 5.56 Å². The maximum atomic E-state index is 12.5. The second-order valence-electron chi connectivity index (χ2n) is 6.65. The van der Waals surface area contributed by atoms with Crippen molar-refractivity contribution in [2.45, 2.75) is 19.4 Å². The lowest BCUT2D eigenvalue weighted by Crippen LogP contribution is -2.22. The van der Waals surface area contributed by atoms with Gasteiger partial charge in [-0.25, -0.2) is 4.79 Å². The van der Waals surface area contributed by atoms with Crippen LogP contribution in [0.15, 0.2) is 42.5 Å². The van der Waals surface area contributed by atoms with Crippen molar-refractivity contribution >= 4 is 11.8 Å². The number of anilines is 1. The highest BCUT2D eigenvalue weighted by molar-refractivity contribution is 5.85. The number of nitrogens with one attached hydrogen (secondary N) is 1. The fourth-order valence-electron chi connectivity index (χ4n) is 3.02. The Labute approximate surface area is 169 Å². The molecule has 8 heteroatoms. The Morgan fingerprint density at radius 2 is 1.86 bits per heavy atom. The molecule has 0 spiro atoms. The molecular formula is C21H25NO7. The minimum absolute atomic E-state index is 0.0114. The molecule has 0 aliphatic carbocycles. The van der Waals surface area contributed by atoms with Crippen molar-refractivity contribution in [3.8, 4) is 17.2 Å². The fraction of sp³-hybridized carbons (Fsp3) is 0.381. The molecule has 3 rings (SSSR count). The summed E-state index contributed by atoms with van der Waals surface area (Å²) in [5, 5.41) is 20.8. The molecule has 156 valence electrons. The van der Waals surface area contributed by atoms with E-state index in [1.54, 1.807) is 42.5 Å². The topological polar surface area (TPSA) is 106 Å². The Kier molecular flexibility index (Phi) is 7.15. The Bertz CT molecular complexity index is 809. The number of aliphatic hydroxyl groups excluding tert-OH is 2. The zero-order valence-corrected chi connectivity index (χ0v) is 16.2. The monoisotopic (exact) mass is 403 g/mol. The molecule has 3 N–H and O–H groups in total. The number of carbonyl (C=O) groups is 1. The zero-order chi connectivity index (χ0) is 20.6. The van der Waals surface area contributed by atoms with Crippen molar-refractivity contribution in [2.24, 2.45) is 5.92 Å². The number of fused-ring (bicyclic) bond motifs is 1. The van der Waals surface area contributed by atoms with Crippen LogP contribution in [0.5, 0.6) is 17.2 Å². The van der Waals surface area contributed by atoms with E-state index in [0.29, 0.717) is 29.4 Å². The minimum atomic E-state index is -0.612. The van der Waals surface area contributed by atoms with E-state index >= 15 is 0 Å². The van der Waals surface area contributed by atoms with Crippen LogP contribution >= 0.6 is 0 Å². The molecule has 1 heterocycles. The maximum Gasteiger partial charge on any atom is 0.412 e. The number of hydrogen-bond acceptors (Lipinski definition) is 7.